The number of amides is 2. The van der Waals surface area contributed by atoms with E-state index in [1.165, 1.54) is 13.8 Å². The average Bonchev–Trinajstić information content (AvgIpc) is 2.73. The molecule has 0 spiro atoms. The summed E-state index contributed by atoms with van der Waals surface area (Å²) in [6, 6.07) is -2.35. The van der Waals surface area contributed by atoms with Gasteiger partial charge in [-0.1, -0.05) is 20.8 Å². The Balaban J connectivity index is 2.30. The van der Waals surface area contributed by atoms with Gasteiger partial charge >= 0.3 is 0 Å². The molecular weight excluding hydrogens is 456 g/mol. The van der Waals surface area contributed by atoms with Crippen LogP contribution in [0, 0.1) is 5.41 Å². The highest BCUT2D eigenvalue weighted by atomic mass is 16.7. The maximum absolute atomic E-state index is 11.8. The van der Waals surface area contributed by atoms with Crippen LogP contribution >= 0.6 is 0 Å². The van der Waals surface area contributed by atoms with Gasteiger partial charge in [0.1, 0.15) is 48.7 Å². The number of hydrogen-bond acceptors (Lipinski definition) is 11. The van der Waals surface area contributed by atoms with Gasteiger partial charge < -0.3 is 55.1 Å². The van der Waals surface area contributed by atoms with Crippen LogP contribution in [0.2, 0.25) is 0 Å². The predicted molar refractivity (Wildman–Crippen MR) is 115 cm³/mol. The van der Waals surface area contributed by atoms with E-state index in [9.17, 15) is 35.1 Å². The number of aliphatic hydroxyl groups excluding tert-OH is 5. The fraction of sp³-hybridized carbons (Fsp3) is 0.905. The Morgan fingerprint density at radius 3 is 1.79 bits per heavy atom. The molecule has 0 radical (unpaired) electrons. The van der Waals surface area contributed by atoms with Crippen molar-refractivity contribution in [1.82, 2.24) is 10.6 Å². The van der Waals surface area contributed by atoms with E-state index in [4.69, 9.17) is 18.9 Å². The molecule has 0 saturated carbocycles. The molecule has 0 aliphatic carbocycles. The van der Waals surface area contributed by atoms with Crippen molar-refractivity contribution in [3.63, 3.8) is 0 Å². The summed E-state index contributed by atoms with van der Waals surface area (Å²) >= 11 is 0. The second-order valence-electron chi connectivity index (χ2n) is 9.85. The maximum Gasteiger partial charge on any atom is 0.217 e. The molecule has 6 unspecified atom stereocenters. The van der Waals surface area contributed by atoms with Gasteiger partial charge in [0.15, 0.2) is 12.6 Å². The quantitative estimate of drug-likeness (QED) is 0.181. The molecule has 2 amide bonds. The highest BCUT2D eigenvalue weighted by Crippen LogP contribution is 2.30. The first-order chi connectivity index (χ1) is 15.8. The summed E-state index contributed by atoms with van der Waals surface area (Å²) in [7, 11) is 0. The molecule has 198 valence electrons. The van der Waals surface area contributed by atoms with E-state index < -0.39 is 86.3 Å². The fourth-order valence-electron chi connectivity index (χ4n) is 3.84. The molecule has 2 saturated heterocycles. The van der Waals surface area contributed by atoms with Crippen LogP contribution in [0.15, 0.2) is 0 Å². The summed E-state index contributed by atoms with van der Waals surface area (Å²) in [6.45, 7) is 7.18. The highest BCUT2D eigenvalue weighted by Gasteiger charge is 2.51. The van der Waals surface area contributed by atoms with E-state index in [1.54, 1.807) is 0 Å². The molecule has 2 aliphatic rings. The zero-order chi connectivity index (χ0) is 25.8. The minimum Gasteiger partial charge on any atom is -0.394 e. The Kier molecular flexibility index (Phi) is 10.2. The highest BCUT2D eigenvalue weighted by molar-refractivity contribution is 5.73. The summed E-state index contributed by atoms with van der Waals surface area (Å²) in [5.41, 5.74) is -0.255. The van der Waals surface area contributed by atoms with Crippen molar-refractivity contribution in [1.29, 1.82) is 0 Å². The molecule has 0 aromatic carbocycles. The van der Waals surface area contributed by atoms with E-state index in [0.717, 1.165) is 0 Å². The predicted octanol–water partition coefficient (Wildman–Crippen LogP) is -3.04. The molecule has 10 atom stereocenters. The van der Waals surface area contributed by atoms with Gasteiger partial charge in [0, 0.05) is 13.8 Å². The van der Waals surface area contributed by atoms with Gasteiger partial charge in [-0.2, -0.15) is 0 Å². The van der Waals surface area contributed by atoms with Crippen LogP contribution in [0.3, 0.4) is 0 Å². The molecule has 0 bridgehead atoms. The molecule has 0 aromatic heterocycles. The lowest BCUT2D eigenvalue weighted by Crippen LogP contribution is -2.69. The van der Waals surface area contributed by atoms with Crippen LogP contribution in [0.4, 0.5) is 0 Å². The van der Waals surface area contributed by atoms with Crippen molar-refractivity contribution in [3.05, 3.63) is 0 Å². The zero-order valence-corrected chi connectivity index (χ0v) is 20.1. The van der Waals surface area contributed by atoms with Gasteiger partial charge in [-0.25, -0.2) is 0 Å². The molecule has 7 N–H and O–H groups in total. The van der Waals surface area contributed by atoms with Crippen molar-refractivity contribution in [2.45, 2.75) is 95.9 Å². The largest absolute Gasteiger partial charge is 0.394 e. The molecule has 2 heterocycles. The smallest absolute Gasteiger partial charge is 0.217 e. The van der Waals surface area contributed by atoms with Gasteiger partial charge in [0.25, 0.3) is 0 Å². The summed E-state index contributed by atoms with van der Waals surface area (Å²) < 4.78 is 23.0. The summed E-state index contributed by atoms with van der Waals surface area (Å²) in [5, 5.41) is 56.2. The molecule has 13 nitrogen and oxygen atoms in total. The van der Waals surface area contributed by atoms with Crippen LogP contribution in [0.5, 0.6) is 0 Å². The lowest BCUT2D eigenvalue weighted by molar-refractivity contribution is -0.333. The first-order valence-corrected chi connectivity index (χ1v) is 11.2. The van der Waals surface area contributed by atoms with E-state index in [0.29, 0.717) is 0 Å². The number of ether oxygens (including phenoxy) is 4. The van der Waals surface area contributed by atoms with Crippen LogP contribution < -0.4 is 10.6 Å². The fourth-order valence-corrected chi connectivity index (χ4v) is 3.84. The van der Waals surface area contributed by atoms with Gasteiger partial charge in [-0.3, -0.25) is 9.59 Å². The van der Waals surface area contributed by atoms with Gasteiger partial charge in [-0.05, 0) is 5.41 Å². The number of rotatable bonds is 8. The van der Waals surface area contributed by atoms with Crippen molar-refractivity contribution in [2.24, 2.45) is 5.41 Å². The molecular formula is C21H38N2O11. The molecule has 2 rings (SSSR count). The van der Waals surface area contributed by atoms with Crippen molar-refractivity contribution in [2.75, 3.05) is 19.8 Å². The molecule has 0 aromatic rings. The molecule has 13 heteroatoms. The van der Waals surface area contributed by atoms with Crippen LogP contribution in [0.1, 0.15) is 34.6 Å². The average molecular weight is 495 g/mol. The van der Waals surface area contributed by atoms with Crippen molar-refractivity contribution < 1.29 is 54.1 Å². The number of carbonyl (C=O) groups is 2. The maximum atomic E-state index is 11.8. The van der Waals surface area contributed by atoms with Crippen LogP contribution in [-0.2, 0) is 28.5 Å². The third-order valence-electron chi connectivity index (χ3n) is 5.45. The third kappa shape index (κ3) is 7.29. The number of hydrogen-bond donors (Lipinski definition) is 7. The normalized spacial score (nSPS) is 38.9. The minimum atomic E-state index is -1.57. The molecule has 2 fully saturated rings. The standard InChI is InChI=1S/C21H38N2O11/c1-9(26)22-13-16(29)15(28)11(6-24)32-20(13)34-18-12(7-25)33-19(31-8-21(3,4)5)14(17(18)30)23-10(2)27/h11-20,24-25,28-30H,6-8H2,1-5H3,(H,22,26)(H,23,27)/t11?,12?,13?,14?,15-,16?,17?,18-,19-,20+/m1/s1. The van der Waals surface area contributed by atoms with E-state index >= 15 is 0 Å². The van der Waals surface area contributed by atoms with Crippen LogP contribution in [0.25, 0.3) is 0 Å². The van der Waals surface area contributed by atoms with E-state index in [-0.39, 0.29) is 12.0 Å². The first kappa shape index (κ1) is 28.8. The minimum absolute atomic E-state index is 0.225. The summed E-state index contributed by atoms with van der Waals surface area (Å²) in [5.74, 6) is -1.02. The van der Waals surface area contributed by atoms with Crippen molar-refractivity contribution in [3.8, 4) is 0 Å². The Hall–Kier alpha value is -1.42. The van der Waals surface area contributed by atoms with E-state index in [1.807, 2.05) is 20.8 Å². The Morgan fingerprint density at radius 2 is 1.32 bits per heavy atom. The summed E-state index contributed by atoms with van der Waals surface area (Å²) in [4.78, 5) is 23.5. The third-order valence-corrected chi connectivity index (χ3v) is 5.45. The lowest BCUT2D eigenvalue weighted by atomic mass is 9.94. The number of nitrogens with one attached hydrogen (secondary N) is 2. The second kappa shape index (κ2) is 12.0. The number of aliphatic hydroxyl groups is 5. The Bertz CT molecular complexity index is 688. The SMILES string of the molecule is CC(=O)NC1C(O)[C@H](O)C(CO)O[C@H]1O[C@@H]1C(CO)O[C@@H](OCC(C)(C)C)C(NC(C)=O)C1O. The van der Waals surface area contributed by atoms with Gasteiger partial charge in [-0.15, -0.1) is 0 Å². The van der Waals surface area contributed by atoms with Gasteiger partial charge in [0.2, 0.25) is 11.8 Å². The van der Waals surface area contributed by atoms with Gasteiger partial charge in [0.05, 0.1) is 19.8 Å². The lowest BCUT2D eigenvalue weighted by Gasteiger charge is -2.48. The van der Waals surface area contributed by atoms with Crippen molar-refractivity contribution >= 4 is 11.8 Å². The topological polar surface area (TPSA) is 196 Å². The Morgan fingerprint density at radius 1 is 0.824 bits per heavy atom. The first-order valence-electron chi connectivity index (χ1n) is 11.2. The zero-order valence-electron chi connectivity index (χ0n) is 20.1. The number of carbonyl (C=O) groups excluding carboxylic acids is 2. The monoisotopic (exact) mass is 494 g/mol. The molecule has 2 aliphatic heterocycles. The second-order valence-corrected chi connectivity index (χ2v) is 9.85. The van der Waals surface area contributed by atoms with Crippen LogP contribution in [-0.4, -0.2) is 118 Å². The van der Waals surface area contributed by atoms with E-state index in [2.05, 4.69) is 10.6 Å². The molecule has 34 heavy (non-hydrogen) atoms. The Labute approximate surface area is 198 Å². The summed E-state index contributed by atoms with van der Waals surface area (Å²) in [6.07, 6.45) is -10.8.